The maximum Gasteiger partial charge on any atom is 0.00676 e. The largest absolute Gasteiger partial charge is 0.313 e. The molecule has 0 aromatic heterocycles. The van der Waals surface area contributed by atoms with E-state index in [1.807, 2.05) is 11.8 Å². The molecule has 0 saturated heterocycles. The molecule has 1 rings (SSSR count). The quantitative estimate of drug-likeness (QED) is 0.686. The normalized spacial score (nSPS) is 29.1. The molecule has 78 valence electrons. The Morgan fingerprint density at radius 1 is 1.23 bits per heavy atom. The summed E-state index contributed by atoms with van der Waals surface area (Å²) in [7, 11) is 0. The molecular formula is C11H23NS. The lowest BCUT2D eigenvalue weighted by Gasteiger charge is -2.28. The van der Waals surface area contributed by atoms with E-state index in [1.54, 1.807) is 0 Å². The highest BCUT2D eigenvalue weighted by Gasteiger charge is 2.18. The average molecular weight is 201 g/mol. The Kier molecular flexibility index (Phi) is 5.88. The zero-order valence-corrected chi connectivity index (χ0v) is 9.83. The van der Waals surface area contributed by atoms with Gasteiger partial charge < -0.3 is 5.32 Å². The van der Waals surface area contributed by atoms with E-state index >= 15 is 0 Å². The Bertz CT molecular complexity index is 117. The fourth-order valence-electron chi connectivity index (χ4n) is 2.14. The van der Waals surface area contributed by atoms with Crippen molar-refractivity contribution in [3.63, 3.8) is 0 Å². The topological polar surface area (TPSA) is 12.0 Å². The van der Waals surface area contributed by atoms with Gasteiger partial charge in [0.1, 0.15) is 0 Å². The van der Waals surface area contributed by atoms with E-state index in [4.69, 9.17) is 0 Å². The number of thioether (sulfide) groups is 1. The average Bonchev–Trinajstić information content (AvgIpc) is 2.19. The lowest BCUT2D eigenvalue weighted by Crippen LogP contribution is -2.34. The van der Waals surface area contributed by atoms with Gasteiger partial charge >= 0.3 is 0 Å². The molecule has 1 aliphatic carbocycles. The smallest absolute Gasteiger partial charge is 0.00676 e. The molecule has 13 heavy (non-hydrogen) atoms. The van der Waals surface area contributed by atoms with E-state index in [9.17, 15) is 0 Å². The molecule has 1 aliphatic rings. The first-order valence-corrected chi connectivity index (χ1v) is 6.98. The Balaban J connectivity index is 2.03. The Morgan fingerprint density at radius 2 is 1.92 bits per heavy atom. The summed E-state index contributed by atoms with van der Waals surface area (Å²) in [5.74, 6) is 2.28. The third-order valence-electron chi connectivity index (χ3n) is 3.16. The second-order valence-corrected chi connectivity index (χ2v) is 5.06. The van der Waals surface area contributed by atoms with Gasteiger partial charge in [-0.1, -0.05) is 13.3 Å². The maximum atomic E-state index is 3.65. The van der Waals surface area contributed by atoms with Crippen LogP contribution < -0.4 is 5.32 Å². The summed E-state index contributed by atoms with van der Waals surface area (Å²) in [6.45, 7) is 3.52. The molecule has 0 aromatic rings. The van der Waals surface area contributed by atoms with Crippen molar-refractivity contribution in [3.05, 3.63) is 0 Å². The molecule has 0 amide bonds. The van der Waals surface area contributed by atoms with Gasteiger partial charge in [-0.2, -0.15) is 11.8 Å². The van der Waals surface area contributed by atoms with E-state index in [2.05, 4.69) is 18.5 Å². The van der Waals surface area contributed by atoms with Crippen LogP contribution in [-0.4, -0.2) is 24.6 Å². The van der Waals surface area contributed by atoms with E-state index < -0.39 is 0 Å². The van der Waals surface area contributed by atoms with Gasteiger partial charge in [0, 0.05) is 18.3 Å². The molecule has 0 spiro atoms. The first kappa shape index (κ1) is 11.4. The van der Waals surface area contributed by atoms with Crippen LogP contribution in [0.5, 0.6) is 0 Å². The number of rotatable bonds is 5. The second-order valence-electron chi connectivity index (χ2n) is 4.07. The van der Waals surface area contributed by atoms with Crippen molar-refractivity contribution in [2.75, 3.05) is 18.6 Å². The van der Waals surface area contributed by atoms with Gasteiger partial charge in [-0.3, -0.25) is 0 Å². The van der Waals surface area contributed by atoms with Crippen LogP contribution >= 0.6 is 11.8 Å². The van der Waals surface area contributed by atoms with Crippen molar-refractivity contribution < 1.29 is 0 Å². The van der Waals surface area contributed by atoms with Crippen LogP contribution in [0.25, 0.3) is 0 Å². The number of hydrogen-bond acceptors (Lipinski definition) is 2. The highest BCUT2D eigenvalue weighted by Crippen LogP contribution is 2.26. The molecule has 0 bridgehead atoms. The van der Waals surface area contributed by atoms with Crippen molar-refractivity contribution in [1.82, 2.24) is 5.32 Å². The monoisotopic (exact) mass is 201 g/mol. The van der Waals surface area contributed by atoms with Gasteiger partial charge in [0.25, 0.3) is 0 Å². The molecule has 1 nitrogen and oxygen atoms in total. The lowest BCUT2D eigenvalue weighted by molar-refractivity contribution is 0.289. The summed E-state index contributed by atoms with van der Waals surface area (Å²) >= 11 is 1.93. The zero-order valence-electron chi connectivity index (χ0n) is 9.01. The minimum atomic E-state index is 0.829. The molecule has 0 aliphatic heterocycles. The molecular weight excluding hydrogens is 178 g/mol. The summed E-state index contributed by atoms with van der Waals surface area (Å²) < 4.78 is 0. The van der Waals surface area contributed by atoms with E-state index in [-0.39, 0.29) is 0 Å². The number of nitrogens with one attached hydrogen (secondary N) is 1. The van der Waals surface area contributed by atoms with E-state index in [0.29, 0.717) is 0 Å². The third kappa shape index (κ3) is 4.37. The highest BCUT2D eigenvalue weighted by molar-refractivity contribution is 7.98. The van der Waals surface area contributed by atoms with Gasteiger partial charge in [0.15, 0.2) is 0 Å². The summed E-state index contributed by atoms with van der Waals surface area (Å²) in [6.07, 6.45) is 9.29. The molecule has 0 heterocycles. The Morgan fingerprint density at radius 3 is 2.46 bits per heavy atom. The van der Waals surface area contributed by atoms with Crippen LogP contribution in [0.1, 0.15) is 39.0 Å². The van der Waals surface area contributed by atoms with Gasteiger partial charge in [-0.05, 0) is 37.9 Å². The van der Waals surface area contributed by atoms with Crippen LogP contribution in [0.15, 0.2) is 0 Å². The van der Waals surface area contributed by atoms with Gasteiger partial charge in [-0.25, -0.2) is 0 Å². The fourth-order valence-corrected chi connectivity index (χ4v) is 2.46. The summed E-state index contributed by atoms with van der Waals surface area (Å²) in [4.78, 5) is 0. The zero-order chi connectivity index (χ0) is 9.52. The fraction of sp³-hybridized carbons (Fsp3) is 1.00. The van der Waals surface area contributed by atoms with E-state index in [0.717, 1.165) is 12.0 Å². The molecule has 1 saturated carbocycles. The van der Waals surface area contributed by atoms with Gasteiger partial charge in [0.05, 0.1) is 0 Å². The molecule has 0 unspecified atom stereocenters. The summed E-state index contributed by atoms with van der Waals surface area (Å²) in [6, 6.07) is 0.829. The third-order valence-corrected chi connectivity index (χ3v) is 3.78. The van der Waals surface area contributed by atoms with Crippen LogP contribution in [0.2, 0.25) is 0 Å². The predicted molar refractivity (Wildman–Crippen MR) is 62.4 cm³/mol. The van der Waals surface area contributed by atoms with Crippen molar-refractivity contribution in [1.29, 1.82) is 0 Å². The van der Waals surface area contributed by atoms with E-state index in [1.165, 1.54) is 44.4 Å². The molecule has 1 N–H and O–H groups in total. The first-order valence-electron chi connectivity index (χ1n) is 5.59. The SMILES string of the molecule is CCC1CCC(NCCSC)CC1. The standard InChI is InChI=1S/C11H23NS/c1-3-10-4-6-11(7-5-10)12-8-9-13-2/h10-12H,3-9H2,1-2H3. The van der Waals surface area contributed by atoms with Crippen LogP contribution in [0, 0.1) is 5.92 Å². The van der Waals surface area contributed by atoms with Crippen molar-refractivity contribution in [3.8, 4) is 0 Å². The first-order chi connectivity index (χ1) is 6.36. The van der Waals surface area contributed by atoms with Crippen LogP contribution in [-0.2, 0) is 0 Å². The van der Waals surface area contributed by atoms with Crippen molar-refractivity contribution >= 4 is 11.8 Å². The van der Waals surface area contributed by atoms with Gasteiger partial charge in [-0.15, -0.1) is 0 Å². The Labute approximate surface area is 87.1 Å². The number of hydrogen-bond donors (Lipinski definition) is 1. The molecule has 0 aromatic carbocycles. The highest BCUT2D eigenvalue weighted by atomic mass is 32.2. The van der Waals surface area contributed by atoms with Crippen molar-refractivity contribution in [2.24, 2.45) is 5.92 Å². The predicted octanol–water partition coefficient (Wildman–Crippen LogP) is 2.91. The molecule has 2 heteroatoms. The minimum absolute atomic E-state index is 0.829. The summed E-state index contributed by atoms with van der Waals surface area (Å²) in [5, 5.41) is 3.65. The maximum absolute atomic E-state index is 3.65. The molecule has 0 atom stereocenters. The second kappa shape index (κ2) is 6.72. The molecule has 0 radical (unpaired) electrons. The van der Waals surface area contributed by atoms with Crippen molar-refractivity contribution in [2.45, 2.75) is 45.1 Å². The lowest BCUT2D eigenvalue weighted by atomic mass is 9.84. The minimum Gasteiger partial charge on any atom is -0.313 e. The van der Waals surface area contributed by atoms with Crippen LogP contribution in [0.3, 0.4) is 0 Å². The summed E-state index contributed by atoms with van der Waals surface area (Å²) in [5.41, 5.74) is 0. The van der Waals surface area contributed by atoms with Gasteiger partial charge in [0.2, 0.25) is 0 Å². The molecule has 1 fully saturated rings. The Hall–Kier alpha value is 0.310. The van der Waals surface area contributed by atoms with Crippen LogP contribution in [0.4, 0.5) is 0 Å².